The Kier molecular flexibility index (Phi) is 3.86. The number of alkyl halides is 3. The van der Waals surface area contributed by atoms with Gasteiger partial charge in [-0.15, -0.1) is 0 Å². The van der Waals surface area contributed by atoms with E-state index in [4.69, 9.17) is 5.73 Å². The van der Waals surface area contributed by atoms with Crippen molar-refractivity contribution in [3.8, 4) is 0 Å². The van der Waals surface area contributed by atoms with Gasteiger partial charge in [-0.3, -0.25) is 4.72 Å². The van der Waals surface area contributed by atoms with Gasteiger partial charge in [0, 0.05) is 11.3 Å². The topological polar surface area (TPSA) is 72.2 Å². The number of nitrogens with two attached hydrogens (primary N) is 1. The van der Waals surface area contributed by atoms with Crippen LogP contribution in [0.3, 0.4) is 0 Å². The van der Waals surface area contributed by atoms with Crippen LogP contribution in [0.15, 0.2) is 18.2 Å². The number of nitrogens with one attached hydrogen (secondary N) is 1. The third-order valence-corrected chi connectivity index (χ3v) is 2.72. The van der Waals surface area contributed by atoms with Gasteiger partial charge in [0.25, 0.3) is 0 Å². The normalized spacial score (nSPS) is 12.2. The zero-order valence-corrected chi connectivity index (χ0v) is 10.7. The maximum Gasteiger partial charge on any atom is 0.417 e. The Morgan fingerprint density at radius 1 is 1.39 bits per heavy atom. The van der Waals surface area contributed by atoms with Crippen molar-refractivity contribution in [3.63, 3.8) is 0 Å². The summed E-state index contributed by atoms with van der Waals surface area (Å²) in [5.74, 6) is 0. The van der Waals surface area contributed by atoms with Gasteiger partial charge in [0.15, 0.2) is 0 Å². The third kappa shape index (κ3) is 3.84. The highest BCUT2D eigenvalue weighted by atomic mass is 32.2. The van der Waals surface area contributed by atoms with Crippen LogP contribution in [-0.4, -0.2) is 19.7 Å². The summed E-state index contributed by atoms with van der Waals surface area (Å²) in [5.41, 5.74) is 3.55. The Labute approximate surface area is 107 Å². The molecule has 0 heterocycles. The van der Waals surface area contributed by atoms with Crippen LogP contribution in [0.1, 0.15) is 11.1 Å². The standard InChI is InChI=1S/C9H9F3N2O2S2/c1-18(15,16)14-5-2-3-6(8(13)17)7(4-5)9(10,11)12/h2-4,14H,1H3,(H2,13,17). The number of hydrogen-bond acceptors (Lipinski definition) is 3. The van der Waals surface area contributed by atoms with Gasteiger partial charge in [-0.1, -0.05) is 12.2 Å². The molecule has 1 aromatic rings. The molecule has 0 aliphatic carbocycles. The fraction of sp³-hybridized carbons (Fsp3) is 0.222. The summed E-state index contributed by atoms with van der Waals surface area (Å²) in [6.07, 6.45) is -3.84. The van der Waals surface area contributed by atoms with E-state index >= 15 is 0 Å². The first kappa shape index (κ1) is 14.7. The maximum atomic E-state index is 12.7. The molecule has 4 nitrogen and oxygen atoms in total. The van der Waals surface area contributed by atoms with E-state index in [-0.39, 0.29) is 11.3 Å². The van der Waals surface area contributed by atoms with Crippen LogP contribution in [0.5, 0.6) is 0 Å². The minimum atomic E-state index is -4.67. The molecule has 0 aliphatic rings. The molecule has 1 rings (SSSR count). The summed E-state index contributed by atoms with van der Waals surface area (Å²) in [6, 6.07) is 2.83. The van der Waals surface area contributed by atoms with E-state index in [1.165, 1.54) is 0 Å². The van der Waals surface area contributed by atoms with Crippen molar-refractivity contribution >= 4 is 32.9 Å². The van der Waals surface area contributed by atoms with Crippen molar-refractivity contribution in [3.05, 3.63) is 29.3 Å². The minimum absolute atomic E-state index is 0.204. The predicted molar refractivity (Wildman–Crippen MR) is 65.8 cm³/mol. The van der Waals surface area contributed by atoms with Crippen molar-refractivity contribution in [2.75, 3.05) is 11.0 Å². The zero-order valence-electron chi connectivity index (χ0n) is 9.08. The second-order valence-electron chi connectivity index (χ2n) is 3.50. The molecule has 18 heavy (non-hydrogen) atoms. The van der Waals surface area contributed by atoms with Gasteiger partial charge in [-0.2, -0.15) is 13.2 Å². The molecule has 0 saturated heterocycles. The number of thiocarbonyl (C=S) groups is 1. The van der Waals surface area contributed by atoms with Crippen molar-refractivity contribution in [1.82, 2.24) is 0 Å². The highest BCUT2D eigenvalue weighted by molar-refractivity contribution is 7.92. The number of rotatable bonds is 3. The SMILES string of the molecule is CS(=O)(=O)Nc1ccc(C(N)=S)c(C(F)(F)F)c1. The van der Waals surface area contributed by atoms with Crippen LogP contribution >= 0.6 is 12.2 Å². The van der Waals surface area contributed by atoms with Crippen LogP contribution in [-0.2, 0) is 16.2 Å². The van der Waals surface area contributed by atoms with Crippen molar-refractivity contribution < 1.29 is 21.6 Å². The van der Waals surface area contributed by atoms with Crippen LogP contribution in [0.4, 0.5) is 18.9 Å². The third-order valence-electron chi connectivity index (χ3n) is 1.89. The molecule has 0 unspecified atom stereocenters. The Morgan fingerprint density at radius 2 is 1.94 bits per heavy atom. The van der Waals surface area contributed by atoms with Gasteiger partial charge in [0.1, 0.15) is 4.99 Å². The highest BCUT2D eigenvalue weighted by Crippen LogP contribution is 2.34. The predicted octanol–water partition coefficient (Wildman–Crippen LogP) is 1.71. The summed E-state index contributed by atoms with van der Waals surface area (Å²) >= 11 is 4.51. The van der Waals surface area contributed by atoms with Crippen LogP contribution in [0.25, 0.3) is 0 Å². The van der Waals surface area contributed by atoms with Gasteiger partial charge >= 0.3 is 6.18 Å². The molecule has 0 saturated carbocycles. The molecular formula is C9H9F3N2O2S2. The monoisotopic (exact) mass is 298 g/mol. The van der Waals surface area contributed by atoms with Gasteiger partial charge in [-0.25, -0.2) is 8.42 Å². The van der Waals surface area contributed by atoms with E-state index in [1.54, 1.807) is 0 Å². The van der Waals surface area contributed by atoms with Crippen molar-refractivity contribution in [2.45, 2.75) is 6.18 Å². The molecule has 0 atom stereocenters. The lowest BCUT2D eigenvalue weighted by Crippen LogP contribution is -2.19. The van der Waals surface area contributed by atoms with Crippen LogP contribution < -0.4 is 10.5 Å². The molecule has 9 heteroatoms. The van der Waals surface area contributed by atoms with E-state index in [2.05, 4.69) is 12.2 Å². The molecule has 0 aromatic heterocycles. The zero-order chi connectivity index (χ0) is 14.1. The lowest BCUT2D eigenvalue weighted by Gasteiger charge is -2.14. The van der Waals surface area contributed by atoms with Crippen molar-refractivity contribution in [1.29, 1.82) is 0 Å². The molecule has 0 bridgehead atoms. The lowest BCUT2D eigenvalue weighted by atomic mass is 10.1. The molecule has 0 fully saturated rings. The van der Waals surface area contributed by atoms with E-state index in [0.29, 0.717) is 6.07 Å². The summed E-state index contributed by atoms with van der Waals surface area (Å²) < 4.78 is 62.0. The molecule has 0 aliphatic heterocycles. The Bertz CT molecular complexity index is 582. The Balaban J connectivity index is 3.35. The number of benzene rings is 1. The molecule has 0 amide bonds. The molecule has 1 aromatic carbocycles. The maximum absolute atomic E-state index is 12.7. The van der Waals surface area contributed by atoms with E-state index in [1.807, 2.05) is 4.72 Å². The number of hydrogen-bond donors (Lipinski definition) is 2. The summed E-state index contributed by atoms with van der Waals surface area (Å²) in [7, 11) is -3.65. The van der Waals surface area contributed by atoms with Gasteiger partial charge < -0.3 is 5.73 Å². The Morgan fingerprint density at radius 3 is 2.33 bits per heavy atom. The number of halogens is 3. The average molecular weight is 298 g/mol. The molecular weight excluding hydrogens is 289 g/mol. The highest BCUT2D eigenvalue weighted by Gasteiger charge is 2.34. The number of anilines is 1. The molecule has 3 N–H and O–H groups in total. The quantitative estimate of drug-likeness (QED) is 0.833. The summed E-state index contributed by atoms with van der Waals surface area (Å²) in [4.78, 5) is -0.409. The number of sulfonamides is 1. The Hall–Kier alpha value is -1.35. The fourth-order valence-electron chi connectivity index (χ4n) is 1.27. The second-order valence-corrected chi connectivity index (χ2v) is 5.68. The van der Waals surface area contributed by atoms with Gasteiger partial charge in [0.2, 0.25) is 10.0 Å². The molecule has 100 valence electrons. The summed E-state index contributed by atoms with van der Waals surface area (Å²) in [5, 5.41) is 0. The minimum Gasteiger partial charge on any atom is -0.389 e. The van der Waals surface area contributed by atoms with E-state index in [9.17, 15) is 21.6 Å². The summed E-state index contributed by atoms with van der Waals surface area (Å²) in [6.45, 7) is 0. The van der Waals surface area contributed by atoms with Gasteiger partial charge in [0.05, 0.1) is 11.8 Å². The first-order chi connectivity index (χ1) is 8.00. The first-order valence-electron chi connectivity index (χ1n) is 4.49. The van der Waals surface area contributed by atoms with E-state index in [0.717, 1.165) is 18.4 Å². The van der Waals surface area contributed by atoms with Gasteiger partial charge in [-0.05, 0) is 18.2 Å². The van der Waals surface area contributed by atoms with Crippen LogP contribution in [0, 0.1) is 0 Å². The first-order valence-corrected chi connectivity index (χ1v) is 6.79. The molecule has 0 spiro atoms. The fourth-order valence-corrected chi connectivity index (χ4v) is 2.00. The largest absolute Gasteiger partial charge is 0.417 e. The van der Waals surface area contributed by atoms with E-state index < -0.39 is 26.8 Å². The molecule has 0 radical (unpaired) electrons. The van der Waals surface area contributed by atoms with Crippen molar-refractivity contribution in [2.24, 2.45) is 5.73 Å². The lowest BCUT2D eigenvalue weighted by molar-refractivity contribution is -0.137. The smallest absolute Gasteiger partial charge is 0.389 e. The second kappa shape index (κ2) is 4.73. The van der Waals surface area contributed by atoms with Crippen LogP contribution in [0.2, 0.25) is 0 Å². The average Bonchev–Trinajstić information content (AvgIpc) is 2.13.